The number of hydrogen-bond acceptors (Lipinski definition) is 1. The lowest BCUT2D eigenvalue weighted by molar-refractivity contribution is 0.669. The van der Waals surface area contributed by atoms with E-state index in [1.165, 1.54) is 54.8 Å². The van der Waals surface area contributed by atoms with Crippen LogP contribution in [0.2, 0.25) is 0 Å². The highest BCUT2D eigenvalue weighted by molar-refractivity contribution is 6.24. The zero-order chi connectivity index (χ0) is 33.5. The van der Waals surface area contributed by atoms with Crippen LogP contribution in [0.25, 0.3) is 99.2 Å². The van der Waals surface area contributed by atoms with E-state index in [0.717, 1.165) is 44.4 Å². The minimum Gasteiger partial charge on any atom is -0.456 e. The molecule has 3 heteroatoms. The number of aromatic nitrogens is 2. The first-order valence-electron chi connectivity index (χ1n) is 17.4. The van der Waals surface area contributed by atoms with Gasteiger partial charge >= 0.3 is 0 Å². The summed E-state index contributed by atoms with van der Waals surface area (Å²) in [4.78, 5) is 0. The van der Waals surface area contributed by atoms with E-state index in [2.05, 4.69) is 185 Å². The Morgan fingerprint density at radius 3 is 1.35 bits per heavy atom. The Bertz CT molecular complexity index is 3110. The van der Waals surface area contributed by atoms with Crippen LogP contribution in [0.4, 0.5) is 0 Å². The fourth-order valence-corrected chi connectivity index (χ4v) is 8.19. The molecule has 11 aromatic rings. The molecule has 0 fully saturated rings. The molecule has 3 heterocycles. The van der Waals surface area contributed by atoms with E-state index in [1.54, 1.807) is 0 Å². The average Bonchev–Trinajstić information content (AvgIpc) is 3.85. The average molecular weight is 651 g/mol. The van der Waals surface area contributed by atoms with Gasteiger partial charge in [0.25, 0.3) is 0 Å². The number of nitrogens with zero attached hydrogens (tertiary/aromatic N) is 2. The van der Waals surface area contributed by atoms with Crippen LogP contribution in [-0.4, -0.2) is 9.13 Å². The Morgan fingerprint density at radius 2 is 0.725 bits per heavy atom. The molecular weight excluding hydrogens is 621 g/mol. The lowest BCUT2D eigenvalue weighted by Gasteiger charge is -2.13. The predicted octanol–water partition coefficient (Wildman–Crippen LogP) is 13.1. The summed E-state index contributed by atoms with van der Waals surface area (Å²) >= 11 is 0. The van der Waals surface area contributed by atoms with Gasteiger partial charge in [-0.1, -0.05) is 127 Å². The van der Waals surface area contributed by atoms with Gasteiger partial charge in [-0.15, -0.1) is 0 Å². The Balaban J connectivity index is 1.19. The Morgan fingerprint density at radius 1 is 0.294 bits per heavy atom. The second-order valence-corrected chi connectivity index (χ2v) is 13.3. The summed E-state index contributed by atoms with van der Waals surface area (Å²) < 4.78 is 11.5. The van der Waals surface area contributed by atoms with E-state index in [0.29, 0.717) is 0 Å². The summed E-state index contributed by atoms with van der Waals surface area (Å²) in [5.74, 6) is 0. The van der Waals surface area contributed by atoms with Crippen molar-refractivity contribution in [2.24, 2.45) is 0 Å². The Hall–Kier alpha value is -6.84. The van der Waals surface area contributed by atoms with Crippen molar-refractivity contribution in [3.63, 3.8) is 0 Å². The van der Waals surface area contributed by atoms with Gasteiger partial charge in [-0.3, -0.25) is 0 Å². The normalized spacial score (nSPS) is 11.9. The van der Waals surface area contributed by atoms with E-state index >= 15 is 0 Å². The van der Waals surface area contributed by atoms with Crippen LogP contribution in [0, 0.1) is 0 Å². The van der Waals surface area contributed by atoms with Crippen molar-refractivity contribution in [2.75, 3.05) is 0 Å². The summed E-state index contributed by atoms with van der Waals surface area (Å²) in [7, 11) is 0. The van der Waals surface area contributed by atoms with Gasteiger partial charge in [0.15, 0.2) is 0 Å². The molecule has 8 aromatic carbocycles. The highest BCUT2D eigenvalue weighted by Gasteiger charge is 2.22. The van der Waals surface area contributed by atoms with Gasteiger partial charge in [0.05, 0.1) is 27.8 Å². The summed E-state index contributed by atoms with van der Waals surface area (Å²) in [6.45, 7) is 0. The van der Waals surface area contributed by atoms with Crippen LogP contribution < -0.4 is 0 Å². The fraction of sp³-hybridized carbons (Fsp3) is 0. The summed E-state index contributed by atoms with van der Waals surface area (Å²) in [6, 6.07) is 65.4. The maximum atomic E-state index is 6.64. The molecule has 11 rings (SSSR count). The van der Waals surface area contributed by atoms with Crippen molar-refractivity contribution >= 4 is 65.6 Å². The predicted molar refractivity (Wildman–Crippen MR) is 213 cm³/mol. The zero-order valence-electron chi connectivity index (χ0n) is 27.6. The molecule has 238 valence electrons. The number of rotatable bonds is 4. The van der Waals surface area contributed by atoms with Crippen molar-refractivity contribution in [2.45, 2.75) is 0 Å². The molecule has 0 amide bonds. The lowest BCUT2D eigenvalue weighted by atomic mass is 10.0. The van der Waals surface area contributed by atoms with Gasteiger partial charge in [0.2, 0.25) is 0 Å². The minimum absolute atomic E-state index is 0.878. The highest BCUT2D eigenvalue weighted by atomic mass is 16.3. The van der Waals surface area contributed by atoms with Crippen LogP contribution in [0.5, 0.6) is 0 Å². The molecular formula is C48H30N2O. The van der Waals surface area contributed by atoms with Crippen molar-refractivity contribution in [1.29, 1.82) is 0 Å². The van der Waals surface area contributed by atoms with Gasteiger partial charge in [-0.2, -0.15) is 0 Å². The molecule has 0 spiro atoms. The monoisotopic (exact) mass is 650 g/mol. The van der Waals surface area contributed by atoms with E-state index < -0.39 is 0 Å². The molecule has 0 aliphatic rings. The second-order valence-electron chi connectivity index (χ2n) is 13.3. The third kappa shape index (κ3) is 4.19. The van der Waals surface area contributed by atoms with Crippen molar-refractivity contribution in [3.05, 3.63) is 182 Å². The van der Waals surface area contributed by atoms with Crippen LogP contribution in [0.3, 0.4) is 0 Å². The quantitative estimate of drug-likeness (QED) is 0.186. The molecule has 0 aliphatic heterocycles. The van der Waals surface area contributed by atoms with Gasteiger partial charge in [0, 0.05) is 44.1 Å². The standard InChI is InChI=1S/C48H30N2O/c1-3-11-31(12-4-1)33-19-22-35(23-20-33)49-43-17-9-7-15-37(43)41-27-28-42-38-16-8-10-18-44(38)50(48(42)47(41)49)36-24-26-40-39-25-21-34(32-13-5-2-6-14-32)29-45(39)51-46(40)30-36/h1-30H. The first kappa shape index (κ1) is 28.0. The van der Waals surface area contributed by atoms with Crippen LogP contribution in [0.15, 0.2) is 186 Å². The SMILES string of the molecule is c1ccc(-c2ccc(-n3c4ccccc4c4ccc5c6ccccc6n(-c6ccc7c(c6)oc6cc(-c8ccccc8)ccc67)c5c43)cc2)cc1. The number of furan rings is 1. The maximum absolute atomic E-state index is 6.64. The molecule has 3 aromatic heterocycles. The molecule has 0 aliphatic carbocycles. The highest BCUT2D eigenvalue weighted by Crippen LogP contribution is 2.42. The molecule has 3 nitrogen and oxygen atoms in total. The van der Waals surface area contributed by atoms with Gasteiger partial charge in [-0.05, 0) is 70.8 Å². The van der Waals surface area contributed by atoms with E-state index in [1.807, 2.05) is 6.07 Å². The second kappa shape index (κ2) is 10.8. The third-order valence-corrected chi connectivity index (χ3v) is 10.5. The molecule has 0 saturated carbocycles. The maximum Gasteiger partial charge on any atom is 0.137 e. The van der Waals surface area contributed by atoms with E-state index in [-0.39, 0.29) is 0 Å². The molecule has 0 bridgehead atoms. The molecule has 0 unspecified atom stereocenters. The number of hydrogen-bond donors (Lipinski definition) is 0. The Kier molecular flexibility index (Phi) is 5.96. The van der Waals surface area contributed by atoms with E-state index in [4.69, 9.17) is 4.42 Å². The molecule has 51 heavy (non-hydrogen) atoms. The first-order chi connectivity index (χ1) is 25.3. The van der Waals surface area contributed by atoms with Crippen LogP contribution >= 0.6 is 0 Å². The number of benzene rings is 8. The minimum atomic E-state index is 0.878. The van der Waals surface area contributed by atoms with E-state index in [9.17, 15) is 0 Å². The fourth-order valence-electron chi connectivity index (χ4n) is 8.19. The summed E-state index contributed by atoms with van der Waals surface area (Å²) in [5, 5.41) is 7.16. The van der Waals surface area contributed by atoms with Crippen molar-refractivity contribution in [1.82, 2.24) is 9.13 Å². The number of fused-ring (bicyclic) bond motifs is 10. The van der Waals surface area contributed by atoms with Crippen molar-refractivity contribution < 1.29 is 4.42 Å². The van der Waals surface area contributed by atoms with Gasteiger partial charge < -0.3 is 13.6 Å². The molecule has 0 saturated heterocycles. The van der Waals surface area contributed by atoms with Gasteiger partial charge in [0.1, 0.15) is 11.2 Å². The zero-order valence-corrected chi connectivity index (χ0v) is 27.6. The van der Waals surface area contributed by atoms with Crippen molar-refractivity contribution in [3.8, 4) is 33.6 Å². The van der Waals surface area contributed by atoms with Gasteiger partial charge in [-0.25, -0.2) is 0 Å². The Labute approximate surface area is 293 Å². The van der Waals surface area contributed by atoms with Crippen LogP contribution in [-0.2, 0) is 0 Å². The topological polar surface area (TPSA) is 23.0 Å². The molecule has 0 N–H and O–H groups in total. The number of para-hydroxylation sites is 2. The largest absolute Gasteiger partial charge is 0.456 e. The molecule has 0 atom stereocenters. The summed E-state index contributed by atoms with van der Waals surface area (Å²) in [6.07, 6.45) is 0. The third-order valence-electron chi connectivity index (χ3n) is 10.5. The molecule has 0 radical (unpaired) electrons. The first-order valence-corrected chi connectivity index (χ1v) is 17.4. The van der Waals surface area contributed by atoms with Crippen LogP contribution in [0.1, 0.15) is 0 Å². The lowest BCUT2D eigenvalue weighted by Crippen LogP contribution is -1.98. The smallest absolute Gasteiger partial charge is 0.137 e. The summed E-state index contributed by atoms with van der Waals surface area (Å²) in [5.41, 5.74) is 13.4.